The molecule has 0 unspecified atom stereocenters. The summed E-state index contributed by atoms with van der Waals surface area (Å²) < 4.78 is 32.0. The summed E-state index contributed by atoms with van der Waals surface area (Å²) in [7, 11) is -1.85. The van der Waals surface area contributed by atoms with Gasteiger partial charge in [0, 0.05) is 5.56 Å². The normalized spacial score (nSPS) is 12.3. The molecule has 0 fully saturated rings. The number of amides is 1. The van der Waals surface area contributed by atoms with Crippen molar-refractivity contribution in [2.24, 2.45) is 0 Å². The Morgan fingerprint density at radius 3 is 2.14 bits per heavy atom. The summed E-state index contributed by atoms with van der Waals surface area (Å²) in [5, 5.41) is 3.07. The number of hydrogen-bond donors (Lipinski definition) is 1. The second-order valence-electron chi connectivity index (χ2n) is 9.54. The fourth-order valence-corrected chi connectivity index (χ4v) is 5.17. The number of sulfonamides is 1. The van der Waals surface area contributed by atoms with Crippen molar-refractivity contribution in [1.29, 1.82) is 0 Å². The van der Waals surface area contributed by atoms with E-state index in [0.717, 1.165) is 33.6 Å². The topological polar surface area (TPSA) is 75.7 Å². The number of ether oxygens (including phenoxy) is 1. The van der Waals surface area contributed by atoms with E-state index >= 15 is 0 Å². The van der Waals surface area contributed by atoms with E-state index in [1.54, 1.807) is 31.4 Å². The zero-order chi connectivity index (χ0) is 26.6. The molecule has 6 nitrogen and oxygen atoms in total. The molecule has 0 heterocycles. The first-order chi connectivity index (χ1) is 16.9. The SMILES string of the molecule is COc1cc(C)c([C@H](C)NC(=O)c2ccc(N(Cc3ccccc3C)S(C)(=O)=O)cc2)cc1C(C)C. The molecule has 0 aromatic heterocycles. The molecule has 7 heteroatoms. The van der Waals surface area contributed by atoms with Gasteiger partial charge < -0.3 is 10.1 Å². The molecular formula is C29H36N2O4S. The molecule has 3 rings (SSSR count). The maximum Gasteiger partial charge on any atom is 0.251 e. The minimum Gasteiger partial charge on any atom is -0.496 e. The lowest BCUT2D eigenvalue weighted by atomic mass is 9.93. The average Bonchev–Trinajstić information content (AvgIpc) is 2.82. The van der Waals surface area contributed by atoms with Gasteiger partial charge in [-0.3, -0.25) is 9.10 Å². The van der Waals surface area contributed by atoms with Gasteiger partial charge in [0.1, 0.15) is 5.75 Å². The Labute approximate surface area is 215 Å². The highest BCUT2D eigenvalue weighted by Crippen LogP contribution is 2.32. The van der Waals surface area contributed by atoms with Gasteiger partial charge in [0.05, 0.1) is 31.6 Å². The minimum atomic E-state index is -3.52. The van der Waals surface area contributed by atoms with Crippen molar-refractivity contribution in [3.63, 3.8) is 0 Å². The van der Waals surface area contributed by atoms with Crippen LogP contribution in [0.2, 0.25) is 0 Å². The maximum atomic E-state index is 13.0. The van der Waals surface area contributed by atoms with Gasteiger partial charge in [0.25, 0.3) is 5.91 Å². The summed E-state index contributed by atoms with van der Waals surface area (Å²) >= 11 is 0. The van der Waals surface area contributed by atoms with Crippen molar-refractivity contribution in [1.82, 2.24) is 5.32 Å². The number of anilines is 1. The number of carbonyl (C=O) groups is 1. The van der Waals surface area contributed by atoms with Gasteiger partial charge in [-0.05, 0) is 90.9 Å². The molecule has 1 N–H and O–H groups in total. The first-order valence-corrected chi connectivity index (χ1v) is 13.9. The van der Waals surface area contributed by atoms with Crippen molar-refractivity contribution in [3.05, 3.63) is 94.0 Å². The van der Waals surface area contributed by atoms with E-state index in [-0.39, 0.29) is 24.4 Å². The smallest absolute Gasteiger partial charge is 0.251 e. The third-order valence-corrected chi connectivity index (χ3v) is 7.59. The van der Waals surface area contributed by atoms with Crippen LogP contribution in [0.15, 0.2) is 60.7 Å². The Balaban J connectivity index is 1.81. The summed E-state index contributed by atoms with van der Waals surface area (Å²) in [5.41, 5.74) is 6.09. The third-order valence-electron chi connectivity index (χ3n) is 6.45. The molecule has 0 aliphatic heterocycles. The first kappa shape index (κ1) is 27.3. The van der Waals surface area contributed by atoms with Crippen LogP contribution >= 0.6 is 0 Å². The first-order valence-electron chi connectivity index (χ1n) is 12.0. The molecular weight excluding hydrogens is 472 g/mol. The van der Waals surface area contributed by atoms with Gasteiger partial charge >= 0.3 is 0 Å². The Morgan fingerprint density at radius 1 is 0.944 bits per heavy atom. The average molecular weight is 509 g/mol. The summed E-state index contributed by atoms with van der Waals surface area (Å²) in [6.45, 7) is 10.4. The zero-order valence-electron chi connectivity index (χ0n) is 22.1. The number of carbonyl (C=O) groups excluding carboxylic acids is 1. The van der Waals surface area contributed by atoms with Crippen LogP contribution in [0.4, 0.5) is 5.69 Å². The number of rotatable bonds is 9. The van der Waals surface area contributed by atoms with Crippen LogP contribution < -0.4 is 14.4 Å². The highest BCUT2D eigenvalue weighted by atomic mass is 32.2. The van der Waals surface area contributed by atoms with E-state index in [1.807, 2.05) is 51.1 Å². The lowest BCUT2D eigenvalue weighted by Gasteiger charge is -2.24. The number of methoxy groups -OCH3 is 1. The van der Waals surface area contributed by atoms with Gasteiger partial charge in [-0.15, -0.1) is 0 Å². The van der Waals surface area contributed by atoms with E-state index in [4.69, 9.17) is 4.74 Å². The lowest BCUT2D eigenvalue weighted by Crippen LogP contribution is -2.30. The molecule has 0 bridgehead atoms. The number of nitrogens with one attached hydrogen (secondary N) is 1. The quantitative estimate of drug-likeness (QED) is 0.391. The molecule has 1 atom stereocenters. The zero-order valence-corrected chi connectivity index (χ0v) is 22.9. The van der Waals surface area contributed by atoms with Crippen molar-refractivity contribution in [3.8, 4) is 5.75 Å². The highest BCUT2D eigenvalue weighted by molar-refractivity contribution is 7.92. The van der Waals surface area contributed by atoms with E-state index in [9.17, 15) is 13.2 Å². The fourth-order valence-electron chi connectivity index (χ4n) is 4.29. The molecule has 3 aromatic carbocycles. The Kier molecular flexibility index (Phi) is 8.46. The molecule has 0 spiro atoms. The van der Waals surface area contributed by atoms with Crippen LogP contribution in [0.5, 0.6) is 5.75 Å². The molecule has 1 amide bonds. The molecule has 3 aromatic rings. The molecule has 0 aliphatic carbocycles. The fraction of sp³-hybridized carbons (Fsp3) is 0.345. The van der Waals surface area contributed by atoms with Gasteiger partial charge in [-0.25, -0.2) is 8.42 Å². The van der Waals surface area contributed by atoms with Crippen LogP contribution in [0, 0.1) is 13.8 Å². The summed E-state index contributed by atoms with van der Waals surface area (Å²) in [4.78, 5) is 13.0. The molecule has 36 heavy (non-hydrogen) atoms. The van der Waals surface area contributed by atoms with Gasteiger partial charge in [0.2, 0.25) is 10.0 Å². The van der Waals surface area contributed by atoms with Crippen molar-refractivity contribution in [2.75, 3.05) is 17.7 Å². The standard InChI is InChI=1S/C29H36N2O4S/c1-19(2)26-17-27(21(4)16-28(26)35-6)22(5)30-29(32)23-12-14-25(15-13-23)31(36(7,33)34)18-24-11-9-8-10-20(24)3/h8-17,19,22H,18H2,1-7H3,(H,30,32)/t22-/m0/s1. The van der Waals surface area contributed by atoms with Crippen LogP contribution in [0.3, 0.4) is 0 Å². The monoisotopic (exact) mass is 508 g/mol. The highest BCUT2D eigenvalue weighted by Gasteiger charge is 2.21. The lowest BCUT2D eigenvalue weighted by molar-refractivity contribution is 0.0940. The largest absolute Gasteiger partial charge is 0.496 e. The Morgan fingerprint density at radius 2 is 1.58 bits per heavy atom. The summed E-state index contributed by atoms with van der Waals surface area (Å²) in [5.74, 6) is 0.911. The second-order valence-corrected chi connectivity index (χ2v) is 11.5. The van der Waals surface area contributed by atoms with Crippen molar-refractivity contribution >= 4 is 21.6 Å². The number of benzene rings is 3. The predicted octanol–water partition coefficient (Wildman–Crippen LogP) is 5.89. The Bertz CT molecular complexity index is 1330. The van der Waals surface area contributed by atoms with Crippen LogP contribution in [-0.2, 0) is 16.6 Å². The second kappa shape index (κ2) is 11.2. The van der Waals surface area contributed by atoms with Gasteiger partial charge in [-0.1, -0.05) is 38.1 Å². The van der Waals surface area contributed by atoms with Crippen molar-refractivity contribution in [2.45, 2.75) is 53.1 Å². The van der Waals surface area contributed by atoms with Gasteiger partial charge in [0.15, 0.2) is 0 Å². The van der Waals surface area contributed by atoms with E-state index in [1.165, 1.54) is 10.6 Å². The predicted molar refractivity (Wildman–Crippen MR) is 146 cm³/mol. The maximum absolute atomic E-state index is 13.0. The third kappa shape index (κ3) is 6.26. The number of aryl methyl sites for hydroxylation is 2. The summed E-state index contributed by atoms with van der Waals surface area (Å²) in [6.07, 6.45) is 1.19. The molecule has 192 valence electrons. The molecule has 0 saturated heterocycles. The van der Waals surface area contributed by atoms with Crippen LogP contribution in [-0.4, -0.2) is 27.7 Å². The van der Waals surface area contributed by atoms with E-state index in [0.29, 0.717) is 11.3 Å². The number of nitrogens with zero attached hydrogens (tertiary/aromatic N) is 1. The molecule has 0 saturated carbocycles. The van der Waals surface area contributed by atoms with Gasteiger partial charge in [-0.2, -0.15) is 0 Å². The van der Waals surface area contributed by atoms with E-state index < -0.39 is 10.0 Å². The molecule has 0 radical (unpaired) electrons. The minimum absolute atomic E-state index is 0.214. The van der Waals surface area contributed by atoms with Crippen LogP contribution in [0.1, 0.15) is 70.9 Å². The summed E-state index contributed by atoms with van der Waals surface area (Å²) in [6, 6.07) is 18.3. The Hall–Kier alpha value is -3.32. The van der Waals surface area contributed by atoms with Crippen molar-refractivity contribution < 1.29 is 17.9 Å². The number of hydrogen-bond acceptors (Lipinski definition) is 4. The molecule has 0 aliphatic rings. The van der Waals surface area contributed by atoms with E-state index in [2.05, 4.69) is 25.2 Å². The van der Waals surface area contributed by atoms with Crippen LogP contribution in [0.25, 0.3) is 0 Å².